The highest BCUT2D eigenvalue weighted by molar-refractivity contribution is 7.47. The average molecular weight is 1470 g/mol. The van der Waals surface area contributed by atoms with Crippen LogP contribution < -0.4 is 0 Å². The van der Waals surface area contributed by atoms with Gasteiger partial charge in [0.2, 0.25) is 0 Å². The minimum absolute atomic E-state index is 0.106. The maximum atomic E-state index is 13.1. The van der Waals surface area contributed by atoms with Crippen LogP contribution in [0.3, 0.4) is 0 Å². The average Bonchev–Trinajstić information content (AvgIpc) is 1.39. The lowest BCUT2D eigenvalue weighted by Crippen LogP contribution is -2.30. The Labute approximate surface area is 613 Å². The second-order valence-electron chi connectivity index (χ2n) is 30.4. The number of aliphatic hydroxyl groups excluding tert-OH is 1. The fourth-order valence-corrected chi connectivity index (χ4v) is 14.0. The van der Waals surface area contributed by atoms with E-state index in [4.69, 9.17) is 37.0 Å². The van der Waals surface area contributed by atoms with Gasteiger partial charge in [-0.25, -0.2) is 9.13 Å². The number of hydrogen-bond acceptors (Lipinski definition) is 15. The Morgan fingerprint density at radius 1 is 0.290 bits per heavy atom. The van der Waals surface area contributed by atoms with E-state index in [1.165, 1.54) is 231 Å². The summed E-state index contributed by atoms with van der Waals surface area (Å²) in [5.41, 5.74) is 0. The van der Waals surface area contributed by atoms with Crippen molar-refractivity contribution in [2.24, 2.45) is 17.8 Å². The summed E-state index contributed by atoms with van der Waals surface area (Å²) in [5.74, 6) is 0.247. The van der Waals surface area contributed by atoms with Crippen molar-refractivity contribution in [2.75, 3.05) is 39.6 Å². The van der Waals surface area contributed by atoms with Gasteiger partial charge in [-0.3, -0.25) is 37.3 Å². The minimum Gasteiger partial charge on any atom is -0.462 e. The molecule has 0 aliphatic rings. The lowest BCUT2D eigenvalue weighted by molar-refractivity contribution is -0.161. The molecule has 0 aromatic rings. The summed E-state index contributed by atoms with van der Waals surface area (Å²) in [6.45, 7) is 12.0. The first kappa shape index (κ1) is 98.1. The van der Waals surface area contributed by atoms with Gasteiger partial charge < -0.3 is 33.8 Å². The highest BCUT2D eigenvalue weighted by atomic mass is 31.2. The van der Waals surface area contributed by atoms with E-state index in [9.17, 15) is 43.2 Å². The molecule has 19 heteroatoms. The SMILES string of the molecule is CCCCCCCCCCCCCCCCCCC(=O)OC[C@H](COP(=O)(O)OC[C@@H](O)COP(=O)(O)OC[C@@H](COC(=O)CCCCCCCCCCCCC(C)C)OC(=O)CCCCCCCCCCCCC(C)C)OC(=O)CCCCCCCCCCCCCCCCC(C)CC. The monoisotopic (exact) mass is 1470 g/mol. The van der Waals surface area contributed by atoms with Gasteiger partial charge in [-0.2, -0.15) is 0 Å². The van der Waals surface area contributed by atoms with Crippen molar-refractivity contribution in [3.63, 3.8) is 0 Å². The zero-order valence-electron chi connectivity index (χ0n) is 65.7. The van der Waals surface area contributed by atoms with Gasteiger partial charge in [0.25, 0.3) is 0 Å². The van der Waals surface area contributed by atoms with Crippen LogP contribution in [-0.2, 0) is 65.4 Å². The van der Waals surface area contributed by atoms with E-state index in [0.717, 1.165) is 108 Å². The van der Waals surface area contributed by atoms with Gasteiger partial charge >= 0.3 is 39.5 Å². The van der Waals surface area contributed by atoms with Gasteiger partial charge in [0.1, 0.15) is 19.3 Å². The fourth-order valence-electron chi connectivity index (χ4n) is 12.5. The van der Waals surface area contributed by atoms with E-state index in [2.05, 4.69) is 48.5 Å². The molecular weight excluding hydrogens is 1310 g/mol. The predicted octanol–water partition coefficient (Wildman–Crippen LogP) is 24.1. The zero-order chi connectivity index (χ0) is 73.7. The maximum Gasteiger partial charge on any atom is 0.472 e. The minimum atomic E-state index is -4.96. The summed E-state index contributed by atoms with van der Waals surface area (Å²) >= 11 is 0. The van der Waals surface area contributed by atoms with Crippen LogP contribution in [0, 0.1) is 17.8 Å². The Hall–Kier alpha value is -1.94. The molecule has 100 heavy (non-hydrogen) atoms. The van der Waals surface area contributed by atoms with E-state index in [0.29, 0.717) is 25.7 Å². The molecule has 0 bridgehead atoms. The van der Waals surface area contributed by atoms with E-state index < -0.39 is 97.5 Å². The molecule has 0 fully saturated rings. The molecule has 0 aliphatic carbocycles. The summed E-state index contributed by atoms with van der Waals surface area (Å²) < 4.78 is 68.8. The molecule has 6 atom stereocenters. The van der Waals surface area contributed by atoms with Crippen molar-refractivity contribution in [3.8, 4) is 0 Å². The van der Waals surface area contributed by atoms with Gasteiger partial charge in [0.05, 0.1) is 26.4 Å². The molecule has 0 saturated heterocycles. The molecule has 17 nitrogen and oxygen atoms in total. The van der Waals surface area contributed by atoms with Crippen molar-refractivity contribution in [1.29, 1.82) is 0 Å². The second kappa shape index (κ2) is 71.3. The number of carbonyl (C=O) groups is 4. The van der Waals surface area contributed by atoms with Crippen LogP contribution in [0.5, 0.6) is 0 Å². The first-order valence-corrected chi connectivity index (χ1v) is 44.9. The quantitative estimate of drug-likeness (QED) is 0.0222. The van der Waals surface area contributed by atoms with E-state index in [-0.39, 0.29) is 25.7 Å². The van der Waals surface area contributed by atoms with Crippen LogP contribution in [-0.4, -0.2) is 96.7 Å². The third-order valence-corrected chi connectivity index (χ3v) is 21.1. The smallest absolute Gasteiger partial charge is 0.462 e. The summed E-state index contributed by atoms with van der Waals surface area (Å²) in [6.07, 6.45) is 59.5. The van der Waals surface area contributed by atoms with Crippen molar-refractivity contribution in [1.82, 2.24) is 0 Å². The number of carbonyl (C=O) groups excluding carboxylic acids is 4. The molecule has 0 spiro atoms. The number of aliphatic hydroxyl groups is 1. The van der Waals surface area contributed by atoms with Crippen LogP contribution in [0.25, 0.3) is 0 Å². The Morgan fingerprint density at radius 2 is 0.510 bits per heavy atom. The zero-order valence-corrected chi connectivity index (χ0v) is 67.5. The molecule has 0 saturated carbocycles. The number of ether oxygens (including phenoxy) is 4. The largest absolute Gasteiger partial charge is 0.472 e. The maximum absolute atomic E-state index is 13.1. The van der Waals surface area contributed by atoms with Crippen LogP contribution in [0.15, 0.2) is 0 Å². The summed E-state index contributed by atoms with van der Waals surface area (Å²) in [6, 6.07) is 0. The molecular formula is C81H158O17P2. The molecule has 0 heterocycles. The van der Waals surface area contributed by atoms with Crippen molar-refractivity contribution in [2.45, 2.75) is 439 Å². The summed E-state index contributed by atoms with van der Waals surface area (Å²) in [7, 11) is -9.92. The Balaban J connectivity index is 5.27. The fraction of sp³-hybridized carbons (Fsp3) is 0.951. The molecule has 594 valence electrons. The summed E-state index contributed by atoms with van der Waals surface area (Å²) in [4.78, 5) is 73.1. The van der Waals surface area contributed by atoms with Crippen LogP contribution >= 0.6 is 15.6 Å². The second-order valence-corrected chi connectivity index (χ2v) is 33.3. The molecule has 0 aliphatic heterocycles. The molecule has 0 radical (unpaired) electrons. The van der Waals surface area contributed by atoms with Crippen LogP contribution in [0.2, 0.25) is 0 Å². The van der Waals surface area contributed by atoms with Crippen LogP contribution in [0.1, 0.15) is 421 Å². The van der Waals surface area contributed by atoms with Crippen LogP contribution in [0.4, 0.5) is 0 Å². The van der Waals surface area contributed by atoms with E-state index >= 15 is 0 Å². The Kier molecular flexibility index (Phi) is 69.9. The van der Waals surface area contributed by atoms with E-state index in [1.54, 1.807) is 0 Å². The molecule has 3 N–H and O–H groups in total. The molecule has 0 aromatic heterocycles. The highest BCUT2D eigenvalue weighted by Crippen LogP contribution is 2.45. The Morgan fingerprint density at radius 3 is 0.760 bits per heavy atom. The molecule has 0 rings (SSSR count). The molecule has 0 aromatic carbocycles. The van der Waals surface area contributed by atoms with Gasteiger partial charge in [-0.15, -0.1) is 0 Å². The predicted molar refractivity (Wildman–Crippen MR) is 409 cm³/mol. The van der Waals surface area contributed by atoms with Crippen molar-refractivity contribution < 1.29 is 80.2 Å². The number of phosphoric ester groups is 2. The lowest BCUT2D eigenvalue weighted by Gasteiger charge is -2.21. The number of hydrogen-bond donors (Lipinski definition) is 3. The van der Waals surface area contributed by atoms with Gasteiger partial charge in [0, 0.05) is 25.7 Å². The Bertz CT molecular complexity index is 1940. The first-order valence-electron chi connectivity index (χ1n) is 41.9. The van der Waals surface area contributed by atoms with Gasteiger partial charge in [0.15, 0.2) is 12.2 Å². The number of esters is 4. The normalized spacial score (nSPS) is 14.2. The van der Waals surface area contributed by atoms with Gasteiger partial charge in [-0.1, -0.05) is 370 Å². The molecule has 0 amide bonds. The number of unbranched alkanes of at least 4 members (excludes halogenated alkanes) is 46. The highest BCUT2D eigenvalue weighted by Gasteiger charge is 2.30. The first-order chi connectivity index (χ1) is 48.3. The number of phosphoric acid groups is 2. The third-order valence-electron chi connectivity index (χ3n) is 19.2. The lowest BCUT2D eigenvalue weighted by atomic mass is 9.99. The topological polar surface area (TPSA) is 237 Å². The van der Waals surface area contributed by atoms with Gasteiger partial charge in [-0.05, 0) is 43.4 Å². The van der Waals surface area contributed by atoms with E-state index in [1.807, 2.05) is 0 Å². The summed E-state index contributed by atoms with van der Waals surface area (Å²) in [5, 5.41) is 10.6. The standard InChI is InChI=1S/C81H158O17P2/c1-8-10-11-12-13-14-15-16-17-18-22-25-34-41-48-55-62-78(83)91-68-76(97-80(85)64-57-50-43-36-26-23-20-19-21-24-33-40-47-54-61-74(7)9-2)70-95-99(87,88)93-66-75(82)67-94-100(89,90)96-71-77(98-81(86)65-58-51-44-37-30-28-32-39-46-53-60-73(5)6)69-92-79(84)63-56-49-42-35-29-27-31-38-45-52-59-72(3)4/h72-77,82H,8-71H2,1-7H3,(H,87,88)(H,89,90)/t74?,75-,76-,77-/m1/s1. The van der Waals surface area contributed by atoms with Crippen molar-refractivity contribution >= 4 is 39.5 Å². The van der Waals surface area contributed by atoms with Crippen molar-refractivity contribution in [3.05, 3.63) is 0 Å². The third kappa shape index (κ3) is 73.0. The number of rotatable bonds is 79. The molecule has 3 unspecified atom stereocenters.